The number of hydrogen-bond acceptors (Lipinski definition) is 2. The van der Waals surface area contributed by atoms with Crippen molar-refractivity contribution in [2.75, 3.05) is 0 Å². The zero-order valence-electron chi connectivity index (χ0n) is 14.1. The van der Waals surface area contributed by atoms with Crippen LogP contribution in [-0.2, 0) is 5.54 Å². The number of nitrogens with zero attached hydrogens (tertiary/aromatic N) is 2. The highest BCUT2D eigenvalue weighted by atomic mass is 16.6. The van der Waals surface area contributed by atoms with Crippen molar-refractivity contribution in [3.8, 4) is 11.1 Å². The summed E-state index contributed by atoms with van der Waals surface area (Å²) in [5.41, 5.74) is 5.04. The molecule has 2 heterocycles. The second-order valence-corrected chi connectivity index (χ2v) is 7.38. The fraction of sp³-hybridized carbons (Fsp3) is 0.300. The van der Waals surface area contributed by atoms with Crippen LogP contribution in [0.25, 0.3) is 22.0 Å². The van der Waals surface area contributed by atoms with E-state index in [0.717, 1.165) is 17.5 Å². The van der Waals surface area contributed by atoms with E-state index in [4.69, 9.17) is 0 Å². The predicted octanol–water partition coefficient (Wildman–Crippen LogP) is 5.46. The van der Waals surface area contributed by atoms with Gasteiger partial charge in [-0.15, -0.1) is 0 Å². The van der Waals surface area contributed by atoms with Crippen molar-refractivity contribution < 1.29 is 4.92 Å². The van der Waals surface area contributed by atoms with E-state index in [0.29, 0.717) is 5.92 Å². The molecule has 24 heavy (non-hydrogen) atoms. The van der Waals surface area contributed by atoms with Crippen LogP contribution in [-0.4, -0.2) is 9.49 Å². The van der Waals surface area contributed by atoms with E-state index in [1.54, 1.807) is 12.1 Å². The normalized spacial score (nSPS) is 18.7. The number of aromatic nitrogens is 1. The molecule has 0 amide bonds. The van der Waals surface area contributed by atoms with Gasteiger partial charge in [-0.05, 0) is 49.4 Å². The number of benzene rings is 2. The minimum absolute atomic E-state index is 0.0606. The number of rotatable bonds is 2. The molecule has 0 N–H and O–H groups in total. The Bertz CT molecular complexity index is 952. The summed E-state index contributed by atoms with van der Waals surface area (Å²) in [6.45, 7) is 6.84. The summed E-state index contributed by atoms with van der Waals surface area (Å²) in [6.07, 6.45) is 3.31. The molecule has 0 saturated heterocycles. The Morgan fingerprint density at radius 2 is 1.88 bits per heavy atom. The first-order chi connectivity index (χ1) is 11.4. The molecule has 1 aliphatic heterocycles. The molecule has 0 fully saturated rings. The SMILES string of the molecule is C[C@@H]1CC(C)(C)n2cc(-c3ccc([N+](=O)[O-])cc3)c3cccc1c32. The van der Waals surface area contributed by atoms with Crippen molar-refractivity contribution in [3.63, 3.8) is 0 Å². The third-order valence-corrected chi connectivity index (χ3v) is 5.23. The van der Waals surface area contributed by atoms with E-state index in [1.807, 2.05) is 12.1 Å². The molecule has 0 saturated carbocycles. The Balaban J connectivity index is 1.97. The molecule has 1 atom stereocenters. The van der Waals surface area contributed by atoms with Crippen LogP contribution in [0.3, 0.4) is 0 Å². The van der Waals surface area contributed by atoms with Gasteiger partial charge in [-0.25, -0.2) is 0 Å². The average Bonchev–Trinajstić information content (AvgIpc) is 2.94. The zero-order valence-corrected chi connectivity index (χ0v) is 14.1. The first kappa shape index (κ1) is 14.9. The van der Waals surface area contributed by atoms with Gasteiger partial charge in [-0.1, -0.05) is 25.1 Å². The molecule has 4 nitrogen and oxygen atoms in total. The van der Waals surface area contributed by atoms with Crippen molar-refractivity contribution in [3.05, 3.63) is 64.3 Å². The molecular weight excluding hydrogens is 300 g/mol. The van der Waals surface area contributed by atoms with Crippen LogP contribution in [0.15, 0.2) is 48.7 Å². The molecule has 0 unspecified atom stereocenters. The molecule has 1 aliphatic rings. The van der Waals surface area contributed by atoms with Crippen LogP contribution in [0, 0.1) is 10.1 Å². The molecule has 3 aromatic rings. The van der Waals surface area contributed by atoms with Crippen LogP contribution in [0.1, 0.15) is 38.7 Å². The number of nitro groups is 1. The van der Waals surface area contributed by atoms with Gasteiger partial charge in [-0.3, -0.25) is 10.1 Å². The van der Waals surface area contributed by atoms with E-state index in [9.17, 15) is 10.1 Å². The van der Waals surface area contributed by atoms with Gasteiger partial charge in [0, 0.05) is 34.8 Å². The average molecular weight is 320 g/mol. The number of para-hydroxylation sites is 1. The largest absolute Gasteiger partial charge is 0.341 e. The maximum absolute atomic E-state index is 10.9. The third kappa shape index (κ3) is 2.06. The Morgan fingerprint density at radius 3 is 2.54 bits per heavy atom. The Morgan fingerprint density at radius 1 is 1.17 bits per heavy atom. The molecule has 0 radical (unpaired) electrons. The Hall–Kier alpha value is -2.62. The topological polar surface area (TPSA) is 48.1 Å². The molecule has 1 aromatic heterocycles. The summed E-state index contributed by atoms with van der Waals surface area (Å²) in [6, 6.07) is 13.3. The lowest BCUT2D eigenvalue weighted by molar-refractivity contribution is -0.384. The smallest absolute Gasteiger partial charge is 0.269 e. The van der Waals surface area contributed by atoms with E-state index in [2.05, 4.69) is 49.7 Å². The van der Waals surface area contributed by atoms with Gasteiger partial charge in [0.2, 0.25) is 0 Å². The van der Waals surface area contributed by atoms with E-state index >= 15 is 0 Å². The lowest BCUT2D eigenvalue weighted by Gasteiger charge is -2.36. The summed E-state index contributed by atoms with van der Waals surface area (Å²) in [5.74, 6) is 0.524. The first-order valence-electron chi connectivity index (χ1n) is 8.28. The lowest BCUT2D eigenvalue weighted by Crippen LogP contribution is -2.31. The summed E-state index contributed by atoms with van der Waals surface area (Å²) in [7, 11) is 0. The second kappa shape index (κ2) is 4.94. The van der Waals surface area contributed by atoms with Crippen molar-refractivity contribution in [1.29, 1.82) is 0 Å². The van der Waals surface area contributed by atoms with Crippen LogP contribution in [0.2, 0.25) is 0 Å². The molecule has 0 aliphatic carbocycles. The van der Waals surface area contributed by atoms with Crippen LogP contribution in [0.5, 0.6) is 0 Å². The molecule has 4 rings (SSSR count). The van der Waals surface area contributed by atoms with Gasteiger partial charge in [0.05, 0.1) is 10.4 Å². The quantitative estimate of drug-likeness (QED) is 0.465. The highest BCUT2D eigenvalue weighted by Crippen LogP contribution is 2.45. The standard InChI is InChI=1S/C20H20N2O2/c1-13-11-20(2,3)21-12-18(17-6-4-5-16(13)19(17)21)14-7-9-15(10-8-14)22(23)24/h4-10,12-13H,11H2,1-3H3/t13-/m1/s1. The lowest BCUT2D eigenvalue weighted by atomic mass is 9.82. The fourth-order valence-corrected chi connectivity index (χ4v) is 4.14. The van der Waals surface area contributed by atoms with E-state index < -0.39 is 0 Å². The zero-order chi connectivity index (χ0) is 17.1. The minimum Gasteiger partial charge on any atom is -0.341 e. The van der Waals surface area contributed by atoms with Gasteiger partial charge in [0.25, 0.3) is 5.69 Å². The van der Waals surface area contributed by atoms with Crippen molar-refractivity contribution in [2.24, 2.45) is 0 Å². The maximum Gasteiger partial charge on any atom is 0.269 e. The van der Waals surface area contributed by atoms with Crippen LogP contribution < -0.4 is 0 Å². The van der Waals surface area contributed by atoms with Gasteiger partial charge in [-0.2, -0.15) is 0 Å². The summed E-state index contributed by atoms with van der Waals surface area (Å²) in [5, 5.41) is 12.1. The van der Waals surface area contributed by atoms with Gasteiger partial charge in [0.1, 0.15) is 0 Å². The van der Waals surface area contributed by atoms with Crippen LogP contribution in [0.4, 0.5) is 5.69 Å². The molecule has 0 bridgehead atoms. The van der Waals surface area contributed by atoms with Crippen molar-refractivity contribution >= 4 is 16.6 Å². The molecule has 2 aromatic carbocycles. The molecule has 122 valence electrons. The fourth-order valence-electron chi connectivity index (χ4n) is 4.14. The number of nitro benzene ring substituents is 1. The Kier molecular flexibility index (Phi) is 3.07. The van der Waals surface area contributed by atoms with E-state index in [1.165, 1.54) is 16.5 Å². The highest BCUT2D eigenvalue weighted by Gasteiger charge is 2.32. The first-order valence-corrected chi connectivity index (χ1v) is 8.28. The summed E-state index contributed by atoms with van der Waals surface area (Å²) in [4.78, 5) is 10.5. The van der Waals surface area contributed by atoms with E-state index in [-0.39, 0.29) is 16.1 Å². The van der Waals surface area contributed by atoms with Crippen LogP contribution >= 0.6 is 0 Å². The highest BCUT2D eigenvalue weighted by molar-refractivity contribution is 5.98. The van der Waals surface area contributed by atoms with Gasteiger partial charge in [0.15, 0.2) is 0 Å². The van der Waals surface area contributed by atoms with Crippen molar-refractivity contribution in [2.45, 2.75) is 38.6 Å². The van der Waals surface area contributed by atoms with Gasteiger partial charge >= 0.3 is 0 Å². The summed E-state index contributed by atoms with van der Waals surface area (Å²) >= 11 is 0. The third-order valence-electron chi connectivity index (χ3n) is 5.23. The monoisotopic (exact) mass is 320 g/mol. The molecule has 0 spiro atoms. The molecule has 4 heteroatoms. The Labute approximate surface area is 140 Å². The number of non-ortho nitro benzene ring substituents is 1. The number of hydrogen-bond donors (Lipinski definition) is 0. The summed E-state index contributed by atoms with van der Waals surface area (Å²) < 4.78 is 2.38. The van der Waals surface area contributed by atoms with Gasteiger partial charge < -0.3 is 4.57 Å². The second-order valence-electron chi connectivity index (χ2n) is 7.38. The van der Waals surface area contributed by atoms with Crippen molar-refractivity contribution in [1.82, 2.24) is 4.57 Å². The molecular formula is C20H20N2O2. The maximum atomic E-state index is 10.9. The predicted molar refractivity (Wildman–Crippen MR) is 96.4 cm³/mol. The minimum atomic E-state index is -0.357.